The molecule has 0 saturated heterocycles. The molecule has 0 saturated carbocycles. The predicted octanol–water partition coefficient (Wildman–Crippen LogP) is 4.67. The molecule has 0 aliphatic rings. The van der Waals surface area contributed by atoms with Crippen LogP contribution in [0.25, 0.3) is 0 Å². The summed E-state index contributed by atoms with van der Waals surface area (Å²) >= 11 is 0. The molecule has 0 spiro atoms. The number of hydrogen-bond donors (Lipinski definition) is 1. The Morgan fingerprint density at radius 1 is 1.09 bits per heavy atom. The minimum atomic E-state index is -0.371. The molecule has 0 bridgehead atoms. The highest BCUT2D eigenvalue weighted by atomic mass is 31.1. The lowest BCUT2D eigenvalue weighted by atomic mass is 9.99. The van der Waals surface area contributed by atoms with Crippen LogP contribution < -0.4 is 5.09 Å². The molecule has 0 heterocycles. The molecule has 0 aromatic heterocycles. The first-order chi connectivity index (χ1) is 10.9. The summed E-state index contributed by atoms with van der Waals surface area (Å²) in [5.74, 6) is 0.889. The van der Waals surface area contributed by atoms with Crippen molar-refractivity contribution in [1.82, 2.24) is 5.09 Å². The Bertz CT molecular complexity index is 335. The third-order valence-corrected chi connectivity index (χ3v) is 3.86. The second-order valence-corrected chi connectivity index (χ2v) is 7.46. The van der Waals surface area contributed by atoms with Gasteiger partial charge in [-0.05, 0) is 38.0 Å². The summed E-state index contributed by atoms with van der Waals surface area (Å²) in [6.45, 7) is 13.1. The first-order valence-corrected chi connectivity index (χ1v) is 9.66. The van der Waals surface area contributed by atoms with Gasteiger partial charge in [0.15, 0.2) is 8.96 Å². The zero-order valence-electron chi connectivity index (χ0n) is 15.6. The van der Waals surface area contributed by atoms with E-state index in [-0.39, 0.29) is 21.0 Å². The minimum absolute atomic E-state index is 0.0416. The van der Waals surface area contributed by atoms with Gasteiger partial charge in [-0.1, -0.05) is 52.6 Å². The summed E-state index contributed by atoms with van der Waals surface area (Å²) in [6.07, 6.45) is 5.01. The average molecular weight is 346 g/mol. The molecule has 0 fully saturated rings. The lowest BCUT2D eigenvalue weighted by Gasteiger charge is -2.13. The normalized spacial score (nSPS) is 12.9. The highest BCUT2D eigenvalue weighted by Crippen LogP contribution is 2.15. The van der Waals surface area contributed by atoms with Crippen LogP contribution in [0.3, 0.4) is 0 Å². The Labute approximate surface area is 143 Å². The van der Waals surface area contributed by atoms with Crippen molar-refractivity contribution in [2.75, 3.05) is 6.61 Å². The first-order valence-electron chi connectivity index (χ1n) is 8.75. The Kier molecular flexibility index (Phi) is 13.3. The zero-order valence-corrected chi connectivity index (χ0v) is 16.6. The van der Waals surface area contributed by atoms with E-state index < -0.39 is 0 Å². The quantitative estimate of drug-likeness (QED) is 0.173. The fourth-order valence-corrected chi connectivity index (χ4v) is 2.53. The van der Waals surface area contributed by atoms with Gasteiger partial charge in [0.05, 0.1) is 12.3 Å². The summed E-state index contributed by atoms with van der Waals surface area (Å²) < 4.78 is 10.6. The van der Waals surface area contributed by atoms with Crippen LogP contribution >= 0.6 is 8.96 Å². The van der Waals surface area contributed by atoms with Gasteiger partial charge in [-0.25, -0.2) is 0 Å². The minimum Gasteiger partial charge on any atom is -0.465 e. The van der Waals surface area contributed by atoms with E-state index >= 15 is 0 Å². The van der Waals surface area contributed by atoms with E-state index in [1.54, 1.807) is 6.92 Å². The van der Waals surface area contributed by atoms with Gasteiger partial charge in [0.25, 0.3) is 0 Å². The number of hydrogen-bond acceptors (Lipinski definition) is 5. The molecule has 23 heavy (non-hydrogen) atoms. The van der Waals surface area contributed by atoms with Gasteiger partial charge in [-0.15, -0.1) is 0 Å². The molecule has 0 radical (unpaired) electrons. The summed E-state index contributed by atoms with van der Waals surface area (Å²) in [4.78, 5) is 11.8. The Morgan fingerprint density at radius 2 is 1.70 bits per heavy atom. The van der Waals surface area contributed by atoms with Gasteiger partial charge in [-0.3, -0.25) is 9.88 Å². The van der Waals surface area contributed by atoms with Crippen LogP contribution in [0.15, 0.2) is 5.16 Å². The van der Waals surface area contributed by atoms with Crippen LogP contribution in [0, 0.1) is 11.8 Å². The number of ether oxygens (including phenoxy) is 1. The monoisotopic (exact) mass is 346 g/mol. The van der Waals surface area contributed by atoms with Crippen molar-refractivity contribution < 1.29 is 14.2 Å². The van der Waals surface area contributed by atoms with Gasteiger partial charge in [0, 0.05) is 0 Å². The summed E-state index contributed by atoms with van der Waals surface area (Å²) in [7, 11) is -0.0416. The van der Waals surface area contributed by atoms with Gasteiger partial charge >= 0.3 is 5.97 Å². The molecule has 1 N–H and O–H groups in total. The molecule has 0 aromatic rings. The summed E-state index contributed by atoms with van der Waals surface area (Å²) in [5, 5.41) is 7.25. The first kappa shape index (κ1) is 22.3. The number of unbranched alkanes of at least 4 members (excludes halogenated alkanes) is 2. The van der Waals surface area contributed by atoms with E-state index in [2.05, 4.69) is 44.9 Å². The smallest absolute Gasteiger partial charge is 0.323 e. The van der Waals surface area contributed by atoms with Crippen LogP contribution in [0.1, 0.15) is 73.6 Å². The van der Waals surface area contributed by atoms with Gasteiger partial charge in [-0.2, -0.15) is 0 Å². The third-order valence-electron chi connectivity index (χ3n) is 3.13. The Balaban J connectivity index is 4.04. The van der Waals surface area contributed by atoms with Crippen molar-refractivity contribution in [2.45, 2.75) is 79.7 Å². The molecule has 0 aromatic carbocycles. The number of nitrogens with zero attached hydrogens (tertiary/aromatic N) is 1. The second kappa shape index (κ2) is 13.7. The van der Waals surface area contributed by atoms with Crippen molar-refractivity contribution >= 4 is 20.6 Å². The maximum absolute atomic E-state index is 11.8. The number of esters is 1. The number of nitrogens with one attached hydrogen (secondary N) is 1. The maximum atomic E-state index is 11.8. The van der Waals surface area contributed by atoms with Gasteiger partial charge in [0.2, 0.25) is 0 Å². The maximum Gasteiger partial charge on any atom is 0.323 e. The van der Waals surface area contributed by atoms with Gasteiger partial charge < -0.3 is 9.36 Å². The number of rotatable bonds is 13. The highest BCUT2D eigenvalue weighted by molar-refractivity contribution is 7.29. The topological polar surface area (TPSA) is 59.9 Å². The van der Waals surface area contributed by atoms with E-state index in [0.717, 1.165) is 37.8 Å². The summed E-state index contributed by atoms with van der Waals surface area (Å²) in [5.41, 5.74) is 1.08. The van der Waals surface area contributed by atoms with Crippen LogP contribution in [0.2, 0.25) is 0 Å². The largest absolute Gasteiger partial charge is 0.465 e. The van der Waals surface area contributed by atoms with E-state index in [1.807, 2.05) is 0 Å². The summed E-state index contributed by atoms with van der Waals surface area (Å²) in [6, 6.07) is -0.371. The van der Waals surface area contributed by atoms with Gasteiger partial charge in [0.1, 0.15) is 6.04 Å². The lowest BCUT2D eigenvalue weighted by molar-refractivity contribution is -0.145. The van der Waals surface area contributed by atoms with Crippen LogP contribution in [-0.4, -0.2) is 24.3 Å². The van der Waals surface area contributed by atoms with Crippen molar-refractivity contribution in [1.29, 1.82) is 0 Å². The van der Waals surface area contributed by atoms with Crippen molar-refractivity contribution in [2.24, 2.45) is 17.0 Å². The Morgan fingerprint density at radius 3 is 2.22 bits per heavy atom. The second-order valence-electron chi connectivity index (χ2n) is 6.79. The van der Waals surface area contributed by atoms with Crippen LogP contribution in [0.5, 0.6) is 0 Å². The fourth-order valence-electron chi connectivity index (χ4n) is 2.01. The highest BCUT2D eigenvalue weighted by Gasteiger charge is 2.14. The predicted molar refractivity (Wildman–Crippen MR) is 98.8 cm³/mol. The van der Waals surface area contributed by atoms with Crippen LogP contribution in [-0.2, 0) is 14.2 Å². The molecule has 6 heteroatoms. The average Bonchev–Trinajstić information content (AvgIpc) is 2.46. The fraction of sp³-hybridized carbons (Fsp3) is 0.882. The zero-order chi connectivity index (χ0) is 17.7. The Hall–Kier alpha value is -0.670. The molecule has 0 amide bonds. The van der Waals surface area contributed by atoms with Crippen molar-refractivity contribution in [3.63, 3.8) is 0 Å². The number of carbonyl (C=O) groups is 1. The molecular formula is C17H35N2O3P. The molecular weight excluding hydrogens is 311 g/mol. The van der Waals surface area contributed by atoms with E-state index in [0.29, 0.717) is 18.4 Å². The molecule has 136 valence electrons. The third kappa shape index (κ3) is 13.5. The SMILES string of the molecule is CCCCCOC(=O)[C@H](C)NPON=C(CC(C)C)CC(C)C. The molecule has 2 atom stereocenters. The molecule has 0 aliphatic heterocycles. The van der Waals surface area contributed by atoms with E-state index in [4.69, 9.17) is 9.36 Å². The molecule has 1 unspecified atom stereocenters. The van der Waals surface area contributed by atoms with E-state index in [9.17, 15) is 4.79 Å². The number of carbonyl (C=O) groups excluding carboxylic acids is 1. The van der Waals surface area contributed by atoms with Crippen LogP contribution in [0.4, 0.5) is 0 Å². The molecule has 0 aliphatic carbocycles. The van der Waals surface area contributed by atoms with E-state index in [1.165, 1.54) is 0 Å². The lowest BCUT2D eigenvalue weighted by Crippen LogP contribution is -2.30. The standard InChI is InChI=1S/C17H35N2O3P/c1-7-8-9-10-21-17(20)15(6)19-23-22-18-16(11-13(2)3)12-14(4)5/h13-15,19,23H,7-12H2,1-6H3/t15-/m0/s1. The number of oxime groups is 1. The van der Waals surface area contributed by atoms with Crippen molar-refractivity contribution in [3.8, 4) is 0 Å². The molecule has 0 rings (SSSR count). The van der Waals surface area contributed by atoms with Crippen molar-refractivity contribution in [3.05, 3.63) is 0 Å². The molecule has 5 nitrogen and oxygen atoms in total.